The molecule has 3 fully saturated rings. The Morgan fingerprint density at radius 2 is 1.58 bits per heavy atom. The summed E-state index contributed by atoms with van der Waals surface area (Å²) in [6.07, 6.45) is 6.09. The van der Waals surface area contributed by atoms with Crippen LogP contribution in [0.25, 0.3) is 0 Å². The van der Waals surface area contributed by atoms with Gasteiger partial charge in [0.2, 0.25) is 17.7 Å². The highest BCUT2D eigenvalue weighted by atomic mass is 32.2. The van der Waals surface area contributed by atoms with Crippen molar-refractivity contribution in [1.82, 2.24) is 20.9 Å². The second-order valence-electron chi connectivity index (χ2n) is 13.6. The quantitative estimate of drug-likeness (QED) is 0.145. The van der Waals surface area contributed by atoms with Crippen molar-refractivity contribution in [1.29, 1.82) is 0 Å². The Kier molecular flexibility index (Phi) is 17.8. The summed E-state index contributed by atoms with van der Waals surface area (Å²) < 4.78 is 22.1. The number of carbonyl (C=O) groups excluding carboxylic acids is 4. The van der Waals surface area contributed by atoms with Gasteiger partial charge in [-0.25, -0.2) is 0 Å². The number of nitrogens with one attached hydrogen (secondary N) is 3. The second kappa shape index (κ2) is 22.3. The number of benzene rings is 1. The van der Waals surface area contributed by atoms with E-state index in [0.717, 1.165) is 37.9 Å². The Hall–Kier alpha value is -2.71. The summed E-state index contributed by atoms with van der Waals surface area (Å²) in [4.78, 5) is 50.9. The van der Waals surface area contributed by atoms with E-state index in [0.29, 0.717) is 114 Å². The fourth-order valence-corrected chi connectivity index (χ4v) is 8.27. The monoisotopic (exact) mass is 718 g/mol. The van der Waals surface area contributed by atoms with Crippen LogP contribution < -0.4 is 16.0 Å². The molecular formula is C37H58N4O8S. The molecular weight excluding hydrogens is 660 g/mol. The van der Waals surface area contributed by atoms with Crippen LogP contribution in [0.5, 0.6) is 0 Å². The molecule has 0 saturated carbocycles. The van der Waals surface area contributed by atoms with Crippen LogP contribution in [0.1, 0.15) is 87.1 Å². The SMILES string of the molecule is CC(C)c1ccc(C(=O)N2CCCC(NC(=O)CCOCCOCCOCCOCCNC(=O)CCCC[C@@H]3SCC4NC(=O)CC43)C2)cc1. The van der Waals surface area contributed by atoms with E-state index in [1.54, 1.807) is 0 Å². The zero-order valence-corrected chi connectivity index (χ0v) is 30.8. The highest BCUT2D eigenvalue weighted by molar-refractivity contribution is 8.00. The van der Waals surface area contributed by atoms with E-state index in [4.69, 9.17) is 18.9 Å². The van der Waals surface area contributed by atoms with Crippen molar-refractivity contribution in [2.45, 2.75) is 88.5 Å². The first-order chi connectivity index (χ1) is 24.3. The van der Waals surface area contributed by atoms with Gasteiger partial charge >= 0.3 is 0 Å². The molecule has 0 spiro atoms. The molecule has 3 unspecified atom stereocenters. The van der Waals surface area contributed by atoms with Gasteiger partial charge in [-0.05, 0) is 49.3 Å². The zero-order chi connectivity index (χ0) is 35.6. The summed E-state index contributed by atoms with van der Waals surface area (Å²) in [5, 5.41) is 9.56. The largest absolute Gasteiger partial charge is 0.379 e. The molecule has 3 aliphatic heterocycles. The van der Waals surface area contributed by atoms with E-state index in [2.05, 4.69) is 29.8 Å². The first-order valence-corrected chi connectivity index (χ1v) is 19.5. The highest BCUT2D eigenvalue weighted by Crippen LogP contribution is 2.40. The van der Waals surface area contributed by atoms with Crippen molar-refractivity contribution < 1.29 is 38.1 Å². The van der Waals surface area contributed by atoms with Crippen LogP contribution >= 0.6 is 11.8 Å². The fourth-order valence-electron chi connectivity index (χ4n) is 6.61. The first-order valence-electron chi connectivity index (χ1n) is 18.5. The van der Waals surface area contributed by atoms with Gasteiger partial charge in [0, 0.05) is 73.5 Å². The summed E-state index contributed by atoms with van der Waals surface area (Å²) in [6, 6.07) is 8.11. The lowest BCUT2D eigenvalue weighted by Crippen LogP contribution is -2.49. The zero-order valence-electron chi connectivity index (χ0n) is 30.0. The average molecular weight is 719 g/mol. The fraction of sp³-hybridized carbons (Fsp3) is 0.730. The molecule has 0 bridgehead atoms. The third-order valence-electron chi connectivity index (χ3n) is 9.45. The molecule has 1 aromatic carbocycles. The molecule has 4 atom stereocenters. The van der Waals surface area contributed by atoms with Crippen molar-refractivity contribution in [3.05, 3.63) is 35.4 Å². The van der Waals surface area contributed by atoms with Crippen molar-refractivity contribution in [2.24, 2.45) is 5.92 Å². The van der Waals surface area contributed by atoms with Gasteiger partial charge in [-0.15, -0.1) is 0 Å². The lowest BCUT2D eigenvalue weighted by molar-refractivity contribution is -0.123. The number of unbranched alkanes of at least 4 members (excludes halogenated alkanes) is 1. The Bertz CT molecular complexity index is 1200. The van der Waals surface area contributed by atoms with Crippen molar-refractivity contribution in [2.75, 3.05) is 78.2 Å². The molecule has 3 N–H and O–H groups in total. The number of rotatable bonds is 23. The van der Waals surface area contributed by atoms with Gasteiger partial charge in [-0.3, -0.25) is 19.2 Å². The third-order valence-corrected chi connectivity index (χ3v) is 11.0. The summed E-state index contributed by atoms with van der Waals surface area (Å²) >= 11 is 1.96. The number of hydrogen-bond acceptors (Lipinski definition) is 9. The molecule has 280 valence electrons. The van der Waals surface area contributed by atoms with Crippen LogP contribution in [0.3, 0.4) is 0 Å². The molecule has 0 aliphatic carbocycles. The molecule has 0 radical (unpaired) electrons. The number of nitrogens with zero attached hydrogens (tertiary/aromatic N) is 1. The minimum absolute atomic E-state index is 0.0106. The number of fused-ring (bicyclic) bond motifs is 1. The minimum atomic E-state index is -0.0744. The van der Waals surface area contributed by atoms with E-state index in [-0.39, 0.29) is 36.1 Å². The van der Waals surface area contributed by atoms with Crippen LogP contribution in [0.4, 0.5) is 0 Å². The molecule has 3 saturated heterocycles. The molecule has 4 rings (SSSR count). The highest BCUT2D eigenvalue weighted by Gasteiger charge is 2.42. The normalized spacial score (nSPS) is 21.7. The van der Waals surface area contributed by atoms with E-state index >= 15 is 0 Å². The standard InChI is InChI=1S/C37H58N4O8S/c1-27(2)28-9-11-29(12-10-28)37(45)41-15-5-6-30(25-41)39-35(43)13-16-46-18-20-48-22-23-49-21-19-47-17-14-38-34(42)8-4-3-7-33-31-24-36(44)40-32(31)26-50-33/h9-12,27,30-33H,3-8,13-26H2,1-2H3,(H,38,42)(H,39,43)(H,40,44)/t30?,31?,32?,33-/m0/s1. The number of likely N-dealkylation sites (tertiary alicyclic amines) is 1. The summed E-state index contributed by atoms with van der Waals surface area (Å²) in [5.41, 5.74) is 1.89. The maximum atomic E-state index is 13.0. The minimum Gasteiger partial charge on any atom is -0.379 e. The van der Waals surface area contributed by atoms with Crippen LogP contribution in [0.15, 0.2) is 24.3 Å². The molecule has 0 aromatic heterocycles. The van der Waals surface area contributed by atoms with Crippen molar-refractivity contribution in [3.63, 3.8) is 0 Å². The predicted octanol–water partition coefficient (Wildman–Crippen LogP) is 3.28. The lowest BCUT2D eigenvalue weighted by atomic mass is 9.94. The maximum Gasteiger partial charge on any atom is 0.253 e. The van der Waals surface area contributed by atoms with Crippen LogP contribution in [-0.2, 0) is 33.3 Å². The molecule has 3 heterocycles. The van der Waals surface area contributed by atoms with Gasteiger partial charge in [-0.2, -0.15) is 11.8 Å². The number of hydrogen-bond donors (Lipinski definition) is 3. The topological polar surface area (TPSA) is 145 Å². The van der Waals surface area contributed by atoms with E-state index in [1.165, 1.54) is 5.56 Å². The van der Waals surface area contributed by atoms with Gasteiger partial charge in [0.05, 0.1) is 52.9 Å². The summed E-state index contributed by atoms with van der Waals surface area (Å²) in [7, 11) is 0. The van der Waals surface area contributed by atoms with Gasteiger partial charge in [0.1, 0.15) is 0 Å². The van der Waals surface area contributed by atoms with E-state index < -0.39 is 0 Å². The average Bonchev–Trinajstić information content (AvgIpc) is 3.67. The van der Waals surface area contributed by atoms with E-state index in [1.807, 2.05) is 40.9 Å². The molecule has 13 heteroatoms. The maximum absolute atomic E-state index is 13.0. The number of carbonyl (C=O) groups is 4. The predicted molar refractivity (Wildman–Crippen MR) is 193 cm³/mol. The molecule has 3 aliphatic rings. The summed E-state index contributed by atoms with van der Waals surface area (Å²) in [5.74, 6) is 2.07. The Morgan fingerprint density at radius 3 is 2.28 bits per heavy atom. The number of ether oxygens (including phenoxy) is 4. The van der Waals surface area contributed by atoms with Gasteiger partial charge in [0.25, 0.3) is 5.91 Å². The molecule has 12 nitrogen and oxygen atoms in total. The number of thioether (sulfide) groups is 1. The molecule has 1 aromatic rings. The summed E-state index contributed by atoms with van der Waals surface area (Å²) in [6.45, 7) is 9.30. The van der Waals surface area contributed by atoms with E-state index in [9.17, 15) is 19.2 Å². The lowest BCUT2D eigenvalue weighted by Gasteiger charge is -2.33. The van der Waals surface area contributed by atoms with Crippen molar-refractivity contribution >= 4 is 35.4 Å². The Morgan fingerprint density at radius 1 is 0.900 bits per heavy atom. The Balaban J connectivity index is 0.882. The molecule has 4 amide bonds. The number of amides is 4. The van der Waals surface area contributed by atoms with Crippen LogP contribution in [-0.4, -0.2) is 124 Å². The molecule has 50 heavy (non-hydrogen) atoms. The van der Waals surface area contributed by atoms with Crippen LogP contribution in [0, 0.1) is 5.92 Å². The van der Waals surface area contributed by atoms with Crippen LogP contribution in [0.2, 0.25) is 0 Å². The van der Waals surface area contributed by atoms with Gasteiger partial charge in [0.15, 0.2) is 0 Å². The van der Waals surface area contributed by atoms with Gasteiger partial charge < -0.3 is 39.8 Å². The second-order valence-corrected chi connectivity index (χ2v) is 14.9. The first kappa shape index (κ1) is 40.1. The third kappa shape index (κ3) is 14.1. The smallest absolute Gasteiger partial charge is 0.253 e. The number of piperidine rings is 1. The Labute approximate surface area is 301 Å². The van der Waals surface area contributed by atoms with Crippen molar-refractivity contribution in [3.8, 4) is 0 Å². The van der Waals surface area contributed by atoms with Gasteiger partial charge in [-0.1, -0.05) is 32.4 Å².